The van der Waals surface area contributed by atoms with Crippen molar-refractivity contribution in [3.05, 3.63) is 42.7 Å². The molecule has 1 aliphatic rings. The summed E-state index contributed by atoms with van der Waals surface area (Å²) in [6.07, 6.45) is 5.93. The first-order valence-corrected chi connectivity index (χ1v) is 7.80. The van der Waals surface area contributed by atoms with Crippen LogP contribution < -0.4 is 16.4 Å². The van der Waals surface area contributed by atoms with E-state index in [1.54, 1.807) is 6.20 Å². The molecule has 1 aliphatic carbocycles. The van der Waals surface area contributed by atoms with Crippen LogP contribution in [-0.4, -0.2) is 26.6 Å². The highest BCUT2D eigenvalue weighted by atomic mass is 15.2. The number of hydrogen-bond acceptors (Lipinski definition) is 5. The van der Waals surface area contributed by atoms with E-state index in [2.05, 4.69) is 49.6 Å². The summed E-state index contributed by atoms with van der Waals surface area (Å²) in [5.74, 6) is 1.37. The van der Waals surface area contributed by atoms with E-state index in [1.807, 2.05) is 19.2 Å². The number of hydrogen-bond donors (Lipinski definition) is 3. The van der Waals surface area contributed by atoms with Gasteiger partial charge in [0.15, 0.2) is 0 Å². The SMILES string of the molecule is Cn1ccc2c(Nc3ccnc(NCC4(N)CC4)n3)cccc21. The van der Waals surface area contributed by atoms with E-state index in [1.165, 1.54) is 10.9 Å². The minimum absolute atomic E-state index is 0.0670. The van der Waals surface area contributed by atoms with Crippen molar-refractivity contribution in [1.82, 2.24) is 14.5 Å². The van der Waals surface area contributed by atoms with Crippen LogP contribution in [0.25, 0.3) is 10.9 Å². The fraction of sp³-hybridized carbons (Fsp3) is 0.294. The monoisotopic (exact) mass is 308 g/mol. The molecule has 4 N–H and O–H groups in total. The van der Waals surface area contributed by atoms with Crippen LogP contribution >= 0.6 is 0 Å². The van der Waals surface area contributed by atoms with E-state index in [0.717, 1.165) is 24.3 Å². The normalized spacial score (nSPS) is 15.6. The van der Waals surface area contributed by atoms with Gasteiger partial charge in [-0.2, -0.15) is 4.98 Å². The lowest BCUT2D eigenvalue weighted by Gasteiger charge is -2.12. The molecular formula is C17H20N6. The number of anilines is 3. The molecule has 23 heavy (non-hydrogen) atoms. The van der Waals surface area contributed by atoms with Crippen LogP contribution in [0.1, 0.15) is 12.8 Å². The van der Waals surface area contributed by atoms with Gasteiger partial charge in [-0.25, -0.2) is 4.98 Å². The fourth-order valence-electron chi connectivity index (χ4n) is 2.66. The lowest BCUT2D eigenvalue weighted by Crippen LogP contribution is -2.31. The molecule has 0 aliphatic heterocycles. The highest BCUT2D eigenvalue weighted by Gasteiger charge is 2.37. The number of nitrogens with two attached hydrogens (primary N) is 1. The molecule has 6 nitrogen and oxygen atoms in total. The number of rotatable bonds is 5. The molecule has 0 amide bonds. The Morgan fingerprint density at radius 3 is 2.96 bits per heavy atom. The number of aromatic nitrogens is 3. The maximum atomic E-state index is 6.08. The quantitative estimate of drug-likeness (QED) is 0.675. The van der Waals surface area contributed by atoms with Crippen LogP contribution in [0.3, 0.4) is 0 Å². The number of aryl methyl sites for hydroxylation is 1. The third-order valence-electron chi connectivity index (χ3n) is 4.34. The van der Waals surface area contributed by atoms with Gasteiger partial charge in [0.1, 0.15) is 5.82 Å². The van der Waals surface area contributed by atoms with Crippen LogP contribution in [0.15, 0.2) is 42.7 Å². The van der Waals surface area contributed by atoms with Gasteiger partial charge < -0.3 is 20.9 Å². The largest absolute Gasteiger partial charge is 0.352 e. The van der Waals surface area contributed by atoms with Crippen molar-refractivity contribution >= 4 is 28.4 Å². The van der Waals surface area contributed by atoms with Crippen molar-refractivity contribution in [3.8, 4) is 0 Å². The number of nitrogens with zero attached hydrogens (tertiary/aromatic N) is 3. The minimum atomic E-state index is -0.0670. The van der Waals surface area contributed by atoms with Gasteiger partial charge in [0, 0.05) is 48.1 Å². The van der Waals surface area contributed by atoms with Crippen LogP contribution in [0.2, 0.25) is 0 Å². The molecule has 1 fully saturated rings. The predicted octanol–water partition coefficient (Wildman–Crippen LogP) is 2.62. The molecular weight excluding hydrogens is 288 g/mol. The Morgan fingerprint density at radius 1 is 1.26 bits per heavy atom. The first-order valence-electron chi connectivity index (χ1n) is 7.80. The van der Waals surface area contributed by atoms with Gasteiger partial charge in [0.25, 0.3) is 0 Å². The molecule has 0 bridgehead atoms. The molecule has 4 rings (SSSR count). The fourth-order valence-corrected chi connectivity index (χ4v) is 2.66. The molecule has 0 radical (unpaired) electrons. The van der Waals surface area contributed by atoms with Gasteiger partial charge in [-0.1, -0.05) is 6.07 Å². The lowest BCUT2D eigenvalue weighted by molar-refractivity contribution is 0.709. The Morgan fingerprint density at radius 2 is 2.13 bits per heavy atom. The van der Waals surface area contributed by atoms with Gasteiger partial charge >= 0.3 is 0 Å². The predicted molar refractivity (Wildman–Crippen MR) is 92.9 cm³/mol. The molecule has 0 saturated heterocycles. The second-order valence-electron chi connectivity index (χ2n) is 6.27. The van der Waals surface area contributed by atoms with Crippen LogP contribution in [-0.2, 0) is 7.05 Å². The number of nitrogens with one attached hydrogen (secondary N) is 2. The molecule has 1 saturated carbocycles. The molecule has 2 aromatic heterocycles. The smallest absolute Gasteiger partial charge is 0.224 e. The zero-order chi connectivity index (χ0) is 15.9. The van der Waals surface area contributed by atoms with Crippen LogP contribution in [0.5, 0.6) is 0 Å². The van der Waals surface area contributed by atoms with Gasteiger partial charge in [-0.3, -0.25) is 0 Å². The summed E-state index contributed by atoms with van der Waals surface area (Å²) in [4.78, 5) is 8.77. The Bertz CT molecular complexity index is 849. The molecule has 0 atom stereocenters. The van der Waals surface area contributed by atoms with Crippen molar-refractivity contribution in [1.29, 1.82) is 0 Å². The molecule has 1 aromatic carbocycles. The van der Waals surface area contributed by atoms with E-state index in [4.69, 9.17) is 5.73 Å². The van der Waals surface area contributed by atoms with Crippen molar-refractivity contribution in [2.45, 2.75) is 18.4 Å². The van der Waals surface area contributed by atoms with Gasteiger partial charge in [-0.15, -0.1) is 0 Å². The zero-order valence-electron chi connectivity index (χ0n) is 13.1. The minimum Gasteiger partial charge on any atom is -0.352 e. The van der Waals surface area contributed by atoms with Crippen molar-refractivity contribution in [2.75, 3.05) is 17.2 Å². The third-order valence-corrected chi connectivity index (χ3v) is 4.34. The van der Waals surface area contributed by atoms with E-state index in [0.29, 0.717) is 12.5 Å². The maximum absolute atomic E-state index is 6.08. The van der Waals surface area contributed by atoms with E-state index in [9.17, 15) is 0 Å². The summed E-state index contributed by atoms with van der Waals surface area (Å²) in [6, 6.07) is 10.2. The van der Waals surface area contributed by atoms with Crippen LogP contribution in [0, 0.1) is 0 Å². The number of benzene rings is 1. The Hall–Kier alpha value is -2.60. The van der Waals surface area contributed by atoms with Gasteiger partial charge in [0.2, 0.25) is 5.95 Å². The van der Waals surface area contributed by atoms with E-state index < -0.39 is 0 Å². The van der Waals surface area contributed by atoms with Gasteiger partial charge in [0.05, 0.1) is 0 Å². The summed E-state index contributed by atoms with van der Waals surface area (Å²) < 4.78 is 2.10. The second kappa shape index (κ2) is 5.24. The first-order chi connectivity index (χ1) is 11.1. The van der Waals surface area contributed by atoms with Crippen molar-refractivity contribution in [2.24, 2.45) is 12.8 Å². The average Bonchev–Trinajstić information content (AvgIpc) is 3.18. The molecule has 6 heteroatoms. The Balaban J connectivity index is 1.55. The summed E-state index contributed by atoms with van der Waals surface area (Å²) in [6.45, 7) is 0.713. The van der Waals surface area contributed by atoms with E-state index in [-0.39, 0.29) is 5.54 Å². The first kappa shape index (κ1) is 14.0. The number of fused-ring (bicyclic) bond motifs is 1. The topological polar surface area (TPSA) is 80.8 Å². The summed E-state index contributed by atoms with van der Waals surface area (Å²) in [7, 11) is 2.04. The standard InChI is InChI=1S/C17H20N6/c1-23-10-6-12-13(3-2-4-14(12)23)21-15-5-9-19-16(22-15)20-11-17(18)7-8-17/h2-6,9-10H,7-8,11,18H2,1H3,(H2,19,20,21,22). The third kappa shape index (κ3) is 2.85. The average molecular weight is 308 g/mol. The van der Waals surface area contributed by atoms with Crippen molar-refractivity contribution < 1.29 is 0 Å². The maximum Gasteiger partial charge on any atom is 0.224 e. The molecule has 118 valence electrons. The van der Waals surface area contributed by atoms with Gasteiger partial charge in [-0.05, 0) is 37.1 Å². The summed E-state index contributed by atoms with van der Waals surface area (Å²) in [5.41, 5.74) is 8.23. The second-order valence-corrected chi connectivity index (χ2v) is 6.27. The molecule has 0 unspecified atom stereocenters. The summed E-state index contributed by atoms with van der Waals surface area (Å²) in [5, 5.41) is 7.77. The highest BCUT2D eigenvalue weighted by Crippen LogP contribution is 2.32. The zero-order valence-corrected chi connectivity index (χ0v) is 13.1. The Kier molecular flexibility index (Phi) is 3.20. The van der Waals surface area contributed by atoms with Crippen LogP contribution in [0.4, 0.5) is 17.5 Å². The summed E-state index contributed by atoms with van der Waals surface area (Å²) >= 11 is 0. The highest BCUT2D eigenvalue weighted by molar-refractivity contribution is 5.93. The molecule has 2 heterocycles. The molecule has 0 spiro atoms. The van der Waals surface area contributed by atoms with Crippen molar-refractivity contribution in [3.63, 3.8) is 0 Å². The molecule has 3 aromatic rings. The van der Waals surface area contributed by atoms with E-state index >= 15 is 0 Å². The Labute approximate surface area is 134 Å². The lowest BCUT2D eigenvalue weighted by atomic mass is 10.2.